The van der Waals surface area contributed by atoms with Gasteiger partial charge in [0, 0.05) is 16.3 Å². The molecule has 3 aromatic rings. The second-order valence-electron chi connectivity index (χ2n) is 3.75. The minimum absolute atomic E-state index is 0. The van der Waals surface area contributed by atoms with Gasteiger partial charge in [-0.05, 0) is 18.2 Å². The van der Waals surface area contributed by atoms with Crippen molar-refractivity contribution in [3.63, 3.8) is 0 Å². The molecule has 0 saturated carbocycles. The van der Waals surface area contributed by atoms with Crippen LogP contribution >= 0.6 is 0 Å². The molecule has 2 aromatic carbocycles. The van der Waals surface area contributed by atoms with Crippen LogP contribution in [0.25, 0.3) is 21.9 Å². The van der Waals surface area contributed by atoms with E-state index in [0.717, 1.165) is 5.39 Å². The monoisotopic (exact) mass is 266 g/mol. The standard InChI is InChI=1S/C13H8O4.K/c14-10-5-8-7-3-1-2-4-11(7)17-12(8)6-9(10)13(15)16;/h1-6,14H,(H,15,16);/q;+1/p-1. The molecule has 0 amide bonds. The molecular weight excluding hydrogens is 259 g/mol. The molecule has 84 valence electrons. The van der Waals surface area contributed by atoms with E-state index in [4.69, 9.17) is 4.42 Å². The molecule has 0 aliphatic rings. The maximum atomic E-state index is 10.8. The van der Waals surface area contributed by atoms with Gasteiger partial charge in [-0.3, -0.25) is 0 Å². The van der Waals surface area contributed by atoms with Gasteiger partial charge in [-0.2, -0.15) is 0 Å². The number of para-hydroxylation sites is 1. The average molecular weight is 266 g/mol. The van der Waals surface area contributed by atoms with Crippen LogP contribution in [0.1, 0.15) is 10.4 Å². The van der Waals surface area contributed by atoms with Crippen LogP contribution in [0.4, 0.5) is 0 Å². The molecule has 0 bridgehead atoms. The van der Waals surface area contributed by atoms with Crippen molar-refractivity contribution < 1.29 is 70.8 Å². The molecule has 0 radical (unpaired) electrons. The van der Waals surface area contributed by atoms with Crippen LogP contribution in [0.5, 0.6) is 5.75 Å². The minimum Gasteiger partial charge on any atom is -0.545 e. The van der Waals surface area contributed by atoms with Crippen molar-refractivity contribution in [2.45, 2.75) is 0 Å². The Labute approximate surface area is 145 Å². The van der Waals surface area contributed by atoms with Crippen LogP contribution in [0.15, 0.2) is 40.8 Å². The number of rotatable bonds is 1. The fourth-order valence-corrected chi connectivity index (χ4v) is 1.92. The molecule has 4 nitrogen and oxygen atoms in total. The van der Waals surface area contributed by atoms with Crippen molar-refractivity contribution >= 4 is 27.9 Å². The first-order valence-electron chi connectivity index (χ1n) is 5.02. The quantitative estimate of drug-likeness (QED) is 0.553. The van der Waals surface area contributed by atoms with Gasteiger partial charge in [0.25, 0.3) is 0 Å². The Bertz CT molecular complexity index is 745. The molecular formula is C13H7KO4. The fraction of sp³-hybridized carbons (Fsp3) is 0. The number of aromatic hydroxyl groups is 1. The molecule has 1 N–H and O–H groups in total. The van der Waals surface area contributed by atoms with Gasteiger partial charge in [-0.15, -0.1) is 0 Å². The van der Waals surface area contributed by atoms with Crippen molar-refractivity contribution in [2.75, 3.05) is 0 Å². The van der Waals surface area contributed by atoms with E-state index in [-0.39, 0.29) is 62.7 Å². The molecule has 0 atom stereocenters. The first kappa shape index (κ1) is 13.6. The molecule has 1 heterocycles. The van der Waals surface area contributed by atoms with Gasteiger partial charge in [0.2, 0.25) is 0 Å². The molecule has 0 saturated heterocycles. The van der Waals surface area contributed by atoms with Crippen molar-refractivity contribution in [3.05, 3.63) is 42.0 Å². The van der Waals surface area contributed by atoms with Gasteiger partial charge < -0.3 is 19.4 Å². The molecule has 0 unspecified atom stereocenters. The summed E-state index contributed by atoms with van der Waals surface area (Å²) in [6.07, 6.45) is 0. The predicted octanol–water partition coefficient (Wildman–Crippen LogP) is -1.34. The largest absolute Gasteiger partial charge is 1.00 e. The molecule has 0 aliphatic carbocycles. The Balaban J connectivity index is 0.00000120. The number of carbonyl (C=O) groups excluding carboxylic acids is 1. The van der Waals surface area contributed by atoms with Gasteiger partial charge >= 0.3 is 51.4 Å². The fourth-order valence-electron chi connectivity index (χ4n) is 1.92. The smallest absolute Gasteiger partial charge is 0.545 e. The maximum Gasteiger partial charge on any atom is 1.00 e. The molecule has 5 heteroatoms. The predicted molar refractivity (Wildman–Crippen MR) is 59.7 cm³/mol. The Kier molecular flexibility index (Phi) is 3.79. The van der Waals surface area contributed by atoms with Crippen molar-refractivity contribution in [1.29, 1.82) is 0 Å². The Hall–Kier alpha value is -0.854. The van der Waals surface area contributed by atoms with Gasteiger partial charge in [0.15, 0.2) is 0 Å². The van der Waals surface area contributed by atoms with Gasteiger partial charge in [0.05, 0.1) is 5.97 Å². The van der Waals surface area contributed by atoms with Crippen LogP contribution in [-0.4, -0.2) is 11.1 Å². The maximum absolute atomic E-state index is 10.8. The molecule has 0 fully saturated rings. The molecule has 18 heavy (non-hydrogen) atoms. The number of carboxylic acid groups (broad SMARTS) is 1. The van der Waals surface area contributed by atoms with E-state index in [1.54, 1.807) is 6.07 Å². The summed E-state index contributed by atoms with van der Waals surface area (Å²) in [6.45, 7) is 0. The van der Waals surface area contributed by atoms with E-state index in [0.29, 0.717) is 16.6 Å². The SMILES string of the molecule is O=C([O-])c1cc2oc3ccccc3c2cc1O.[K+]. The van der Waals surface area contributed by atoms with E-state index in [2.05, 4.69) is 0 Å². The number of hydrogen-bond donors (Lipinski definition) is 1. The molecule has 3 rings (SSSR count). The first-order chi connectivity index (χ1) is 8.16. The number of fused-ring (bicyclic) bond motifs is 3. The van der Waals surface area contributed by atoms with Crippen LogP contribution < -0.4 is 56.5 Å². The van der Waals surface area contributed by atoms with Crippen LogP contribution in [0.3, 0.4) is 0 Å². The Morgan fingerprint density at radius 3 is 2.56 bits per heavy atom. The summed E-state index contributed by atoms with van der Waals surface area (Å²) in [5, 5.41) is 21.9. The second-order valence-corrected chi connectivity index (χ2v) is 3.75. The number of furan rings is 1. The number of carboxylic acids is 1. The zero-order valence-electron chi connectivity index (χ0n) is 9.64. The summed E-state index contributed by atoms with van der Waals surface area (Å²) in [5.74, 6) is -1.74. The number of phenols is 1. The van der Waals surface area contributed by atoms with Crippen molar-refractivity contribution in [1.82, 2.24) is 0 Å². The van der Waals surface area contributed by atoms with Crippen molar-refractivity contribution in [3.8, 4) is 5.75 Å². The van der Waals surface area contributed by atoms with E-state index in [1.165, 1.54) is 12.1 Å². The van der Waals surface area contributed by atoms with Gasteiger partial charge in [0.1, 0.15) is 16.9 Å². The van der Waals surface area contributed by atoms with E-state index in [9.17, 15) is 15.0 Å². The summed E-state index contributed by atoms with van der Waals surface area (Å²) < 4.78 is 5.50. The number of hydrogen-bond acceptors (Lipinski definition) is 4. The number of carbonyl (C=O) groups is 1. The van der Waals surface area contributed by atoms with Crippen LogP contribution in [-0.2, 0) is 0 Å². The van der Waals surface area contributed by atoms with Crippen molar-refractivity contribution in [2.24, 2.45) is 0 Å². The van der Waals surface area contributed by atoms with E-state index < -0.39 is 5.97 Å². The zero-order chi connectivity index (χ0) is 12.0. The number of aromatic carboxylic acids is 1. The molecule has 1 aromatic heterocycles. The topological polar surface area (TPSA) is 73.5 Å². The Morgan fingerprint density at radius 2 is 1.83 bits per heavy atom. The summed E-state index contributed by atoms with van der Waals surface area (Å²) in [7, 11) is 0. The van der Waals surface area contributed by atoms with Gasteiger partial charge in [-0.25, -0.2) is 0 Å². The third-order valence-electron chi connectivity index (χ3n) is 2.71. The number of benzene rings is 2. The van der Waals surface area contributed by atoms with Crippen LogP contribution in [0.2, 0.25) is 0 Å². The third kappa shape index (κ3) is 2.08. The van der Waals surface area contributed by atoms with E-state index in [1.807, 2.05) is 18.2 Å². The summed E-state index contributed by atoms with van der Waals surface area (Å²) in [6, 6.07) is 9.96. The summed E-state index contributed by atoms with van der Waals surface area (Å²) in [5.41, 5.74) is 0.803. The summed E-state index contributed by atoms with van der Waals surface area (Å²) in [4.78, 5) is 10.8. The van der Waals surface area contributed by atoms with Crippen LogP contribution in [0, 0.1) is 0 Å². The molecule has 0 aliphatic heterocycles. The molecule has 0 spiro atoms. The average Bonchev–Trinajstić information content (AvgIpc) is 2.65. The zero-order valence-corrected chi connectivity index (χ0v) is 12.8. The Morgan fingerprint density at radius 1 is 1.11 bits per heavy atom. The minimum atomic E-state index is -1.43. The first-order valence-corrected chi connectivity index (χ1v) is 5.02. The van der Waals surface area contributed by atoms with E-state index >= 15 is 0 Å². The normalized spacial score (nSPS) is 10.4. The summed E-state index contributed by atoms with van der Waals surface area (Å²) >= 11 is 0. The van der Waals surface area contributed by atoms with Gasteiger partial charge in [-0.1, -0.05) is 18.2 Å². The third-order valence-corrected chi connectivity index (χ3v) is 2.71. The second kappa shape index (κ2) is 5.03.